The number of anilines is 1. The molecule has 152 valence electrons. The molecule has 1 fully saturated rings. The number of ether oxygens (including phenoxy) is 1. The van der Waals surface area contributed by atoms with E-state index in [-0.39, 0.29) is 0 Å². The standard InChI is InChI=1S/C19H22N6O4/c20-11-6-7-22-17-14(11)23-9-25(17)19-16(27)15(12(8-26)29-19)24-18(28)13(21)10-4-2-1-3-5-10/h1-7,9,12-13,15-16,19,26-27H,8,21H2,(H2,20,22)(H,24,28)/t12-,13?,15?,16+,19-/m1/s1. The molecule has 29 heavy (non-hydrogen) atoms. The Kier molecular flexibility index (Phi) is 5.16. The van der Waals surface area contributed by atoms with E-state index in [9.17, 15) is 15.0 Å². The second kappa shape index (κ2) is 7.76. The summed E-state index contributed by atoms with van der Waals surface area (Å²) in [6.45, 7) is -0.402. The van der Waals surface area contributed by atoms with Crippen molar-refractivity contribution in [1.82, 2.24) is 19.9 Å². The Labute approximate surface area is 166 Å². The minimum atomic E-state index is -1.17. The van der Waals surface area contributed by atoms with Gasteiger partial charge in [-0.05, 0) is 11.6 Å². The molecule has 7 N–H and O–H groups in total. The normalized spacial score (nSPS) is 25.2. The molecule has 0 aliphatic carbocycles. The van der Waals surface area contributed by atoms with Crippen molar-refractivity contribution in [3.63, 3.8) is 0 Å². The molecule has 1 aromatic carbocycles. The third-order valence-electron chi connectivity index (χ3n) is 5.07. The van der Waals surface area contributed by atoms with Gasteiger partial charge in [0.05, 0.1) is 24.7 Å². The van der Waals surface area contributed by atoms with Gasteiger partial charge in [0, 0.05) is 6.20 Å². The van der Waals surface area contributed by atoms with Gasteiger partial charge in [-0.3, -0.25) is 9.36 Å². The van der Waals surface area contributed by atoms with Crippen molar-refractivity contribution in [2.75, 3.05) is 12.3 Å². The number of carbonyl (C=O) groups excluding carboxylic acids is 1. The number of fused-ring (bicyclic) bond motifs is 1. The van der Waals surface area contributed by atoms with Gasteiger partial charge in [0.25, 0.3) is 0 Å². The van der Waals surface area contributed by atoms with Crippen LogP contribution >= 0.6 is 0 Å². The van der Waals surface area contributed by atoms with Crippen molar-refractivity contribution < 1.29 is 19.7 Å². The summed E-state index contributed by atoms with van der Waals surface area (Å²) >= 11 is 0. The molecule has 10 nitrogen and oxygen atoms in total. The molecule has 3 aromatic rings. The van der Waals surface area contributed by atoms with E-state index in [4.69, 9.17) is 16.2 Å². The van der Waals surface area contributed by atoms with Gasteiger partial charge in [-0.1, -0.05) is 30.3 Å². The first-order valence-corrected chi connectivity index (χ1v) is 9.13. The fourth-order valence-corrected chi connectivity index (χ4v) is 3.51. The minimum Gasteiger partial charge on any atom is -0.397 e. The van der Waals surface area contributed by atoms with Gasteiger partial charge in [0.2, 0.25) is 5.91 Å². The number of hydrogen-bond donors (Lipinski definition) is 5. The van der Waals surface area contributed by atoms with Gasteiger partial charge in [-0.15, -0.1) is 0 Å². The maximum atomic E-state index is 12.6. The zero-order valence-corrected chi connectivity index (χ0v) is 15.4. The van der Waals surface area contributed by atoms with Gasteiger partial charge in [0.15, 0.2) is 11.9 Å². The molecule has 0 radical (unpaired) electrons. The number of aliphatic hydroxyl groups is 2. The molecule has 0 saturated carbocycles. The summed E-state index contributed by atoms with van der Waals surface area (Å²) in [5.74, 6) is -0.485. The van der Waals surface area contributed by atoms with Crippen LogP contribution in [0.4, 0.5) is 5.69 Å². The van der Waals surface area contributed by atoms with E-state index in [1.807, 2.05) is 6.07 Å². The minimum absolute atomic E-state index is 0.402. The number of nitrogens with one attached hydrogen (secondary N) is 1. The Balaban J connectivity index is 1.57. The fourth-order valence-electron chi connectivity index (χ4n) is 3.51. The monoisotopic (exact) mass is 398 g/mol. The molecule has 0 spiro atoms. The average Bonchev–Trinajstić information content (AvgIpc) is 3.30. The largest absolute Gasteiger partial charge is 0.397 e. The van der Waals surface area contributed by atoms with E-state index in [0.717, 1.165) is 0 Å². The van der Waals surface area contributed by atoms with E-state index in [2.05, 4.69) is 15.3 Å². The van der Waals surface area contributed by atoms with Gasteiger partial charge >= 0.3 is 0 Å². The number of aliphatic hydroxyl groups excluding tert-OH is 2. The second-order valence-electron chi connectivity index (χ2n) is 6.89. The van der Waals surface area contributed by atoms with E-state index in [1.54, 1.807) is 30.3 Å². The predicted molar refractivity (Wildman–Crippen MR) is 104 cm³/mol. The molecule has 2 aromatic heterocycles. The SMILES string of the molecule is Nc1ccnc2c1ncn2[C@@H]1O[C@H](CO)C(NC(=O)C(N)c2ccccc2)[C@@H]1O. The number of nitrogen functional groups attached to an aromatic ring is 1. The van der Waals surface area contributed by atoms with Crippen LogP contribution in [0.1, 0.15) is 17.8 Å². The summed E-state index contributed by atoms with van der Waals surface area (Å²) in [5.41, 5.74) is 13.9. The highest BCUT2D eigenvalue weighted by Gasteiger charge is 2.46. The van der Waals surface area contributed by atoms with Crippen LogP contribution < -0.4 is 16.8 Å². The highest BCUT2D eigenvalue weighted by molar-refractivity contribution is 5.84. The van der Waals surface area contributed by atoms with Gasteiger partial charge < -0.3 is 31.7 Å². The molecule has 1 aliphatic rings. The molecule has 5 atom stereocenters. The zero-order chi connectivity index (χ0) is 20.5. The Bertz CT molecular complexity index is 1010. The van der Waals surface area contributed by atoms with Gasteiger partial charge in [-0.2, -0.15) is 0 Å². The Morgan fingerprint density at radius 3 is 2.76 bits per heavy atom. The number of imidazole rings is 1. The summed E-state index contributed by atoms with van der Waals surface area (Å²) in [6.07, 6.45) is 0.0691. The molecule has 10 heteroatoms. The highest BCUT2D eigenvalue weighted by Crippen LogP contribution is 2.32. The average molecular weight is 398 g/mol. The fraction of sp³-hybridized carbons (Fsp3) is 0.316. The van der Waals surface area contributed by atoms with E-state index < -0.39 is 43.0 Å². The lowest BCUT2D eigenvalue weighted by Gasteiger charge is -2.23. The van der Waals surface area contributed by atoms with E-state index >= 15 is 0 Å². The van der Waals surface area contributed by atoms with Crippen LogP contribution in [-0.2, 0) is 9.53 Å². The lowest BCUT2D eigenvalue weighted by Crippen LogP contribution is -2.50. The van der Waals surface area contributed by atoms with Crippen LogP contribution in [0.15, 0.2) is 48.9 Å². The van der Waals surface area contributed by atoms with E-state index in [0.29, 0.717) is 22.4 Å². The van der Waals surface area contributed by atoms with Crippen LogP contribution in [-0.4, -0.2) is 55.5 Å². The molecule has 1 aliphatic heterocycles. The third kappa shape index (κ3) is 3.42. The number of nitrogens with two attached hydrogens (primary N) is 2. The Morgan fingerprint density at radius 2 is 2.03 bits per heavy atom. The first kappa shape index (κ1) is 19.3. The molecule has 2 unspecified atom stereocenters. The Hall–Kier alpha value is -3.05. The summed E-state index contributed by atoms with van der Waals surface area (Å²) in [5, 5.41) is 23.3. The number of nitrogens with zero attached hydrogens (tertiary/aromatic N) is 3. The Morgan fingerprint density at radius 1 is 1.28 bits per heavy atom. The first-order valence-electron chi connectivity index (χ1n) is 9.13. The highest BCUT2D eigenvalue weighted by atomic mass is 16.5. The van der Waals surface area contributed by atoms with Crippen LogP contribution in [0.3, 0.4) is 0 Å². The summed E-state index contributed by atoms with van der Waals surface area (Å²) in [6, 6.07) is 8.71. The molecule has 1 amide bonds. The number of pyridine rings is 1. The zero-order valence-electron chi connectivity index (χ0n) is 15.4. The summed E-state index contributed by atoms with van der Waals surface area (Å²) in [7, 11) is 0. The number of carbonyl (C=O) groups is 1. The van der Waals surface area contributed by atoms with Crippen molar-refractivity contribution in [3.8, 4) is 0 Å². The predicted octanol–water partition coefficient (Wildman–Crippen LogP) is -0.551. The summed E-state index contributed by atoms with van der Waals surface area (Å²) in [4.78, 5) is 21.1. The lowest BCUT2D eigenvalue weighted by atomic mass is 10.0. The van der Waals surface area contributed by atoms with Crippen molar-refractivity contribution in [2.24, 2.45) is 5.73 Å². The van der Waals surface area contributed by atoms with Gasteiger partial charge in [-0.25, -0.2) is 9.97 Å². The molecule has 3 heterocycles. The third-order valence-corrected chi connectivity index (χ3v) is 5.07. The lowest BCUT2D eigenvalue weighted by molar-refractivity contribution is -0.124. The number of aromatic nitrogens is 3. The topological polar surface area (TPSA) is 162 Å². The smallest absolute Gasteiger partial charge is 0.241 e. The number of benzene rings is 1. The number of rotatable bonds is 5. The molecule has 1 saturated heterocycles. The molecule has 4 rings (SSSR count). The number of hydrogen-bond acceptors (Lipinski definition) is 8. The maximum absolute atomic E-state index is 12.6. The van der Waals surface area contributed by atoms with Crippen LogP contribution in [0.25, 0.3) is 11.2 Å². The van der Waals surface area contributed by atoms with Crippen molar-refractivity contribution in [1.29, 1.82) is 0 Å². The van der Waals surface area contributed by atoms with E-state index in [1.165, 1.54) is 17.1 Å². The van der Waals surface area contributed by atoms with Crippen molar-refractivity contribution >= 4 is 22.8 Å². The van der Waals surface area contributed by atoms with Crippen LogP contribution in [0.2, 0.25) is 0 Å². The first-order chi connectivity index (χ1) is 14.0. The van der Waals surface area contributed by atoms with Crippen LogP contribution in [0, 0.1) is 0 Å². The molecular formula is C19H22N6O4. The molecule has 0 bridgehead atoms. The summed E-state index contributed by atoms with van der Waals surface area (Å²) < 4.78 is 7.33. The number of amides is 1. The molecular weight excluding hydrogens is 376 g/mol. The van der Waals surface area contributed by atoms with Crippen molar-refractivity contribution in [2.45, 2.75) is 30.5 Å². The van der Waals surface area contributed by atoms with Gasteiger partial charge in [0.1, 0.15) is 23.8 Å². The second-order valence-corrected chi connectivity index (χ2v) is 6.89. The maximum Gasteiger partial charge on any atom is 0.241 e. The van der Waals surface area contributed by atoms with Crippen molar-refractivity contribution in [3.05, 3.63) is 54.5 Å². The quantitative estimate of drug-likeness (QED) is 0.382. The van der Waals surface area contributed by atoms with Crippen LogP contribution in [0.5, 0.6) is 0 Å².